The molecule has 0 aliphatic carbocycles. The molecule has 6 heteroatoms. The van der Waals surface area contributed by atoms with Crippen LogP contribution in [0.1, 0.15) is 30.0 Å². The number of hydrogen-bond acceptors (Lipinski definition) is 4. The second-order valence-electron chi connectivity index (χ2n) is 6.69. The van der Waals surface area contributed by atoms with Gasteiger partial charge in [-0.2, -0.15) is 5.10 Å². The van der Waals surface area contributed by atoms with Gasteiger partial charge >= 0.3 is 0 Å². The number of nitrogens with zero attached hydrogens (tertiary/aromatic N) is 3. The van der Waals surface area contributed by atoms with Crippen LogP contribution in [0.3, 0.4) is 0 Å². The molecule has 6 nitrogen and oxygen atoms in total. The van der Waals surface area contributed by atoms with Gasteiger partial charge in [0.2, 0.25) is 5.91 Å². The maximum absolute atomic E-state index is 12.6. The number of fused-ring (bicyclic) bond motifs is 1. The minimum atomic E-state index is 0.185. The van der Waals surface area contributed by atoms with E-state index < -0.39 is 0 Å². The Labute approximate surface area is 152 Å². The van der Waals surface area contributed by atoms with Crippen LogP contribution in [-0.4, -0.2) is 46.2 Å². The molecule has 1 amide bonds. The lowest BCUT2D eigenvalue weighted by atomic mass is 9.92. The standard InChI is InChI=1S/C20H22N4O2/c1-26-16-6-4-14(5-7-16)13-18(25)24-11-8-15(9-12-24)19-17-3-2-10-21-20(17)23-22-19/h2-7,10,15H,8-9,11-13H2,1H3,(H,21,22,23). The Morgan fingerprint density at radius 1 is 1.23 bits per heavy atom. The number of carbonyl (C=O) groups is 1. The van der Waals surface area contributed by atoms with Crippen molar-refractivity contribution in [3.05, 3.63) is 53.9 Å². The number of ether oxygens (including phenoxy) is 1. The maximum Gasteiger partial charge on any atom is 0.226 e. The van der Waals surface area contributed by atoms with E-state index in [-0.39, 0.29) is 5.91 Å². The predicted octanol–water partition coefficient (Wildman–Crippen LogP) is 2.92. The summed E-state index contributed by atoms with van der Waals surface area (Å²) in [4.78, 5) is 18.8. The molecule has 1 aromatic carbocycles. The Hall–Kier alpha value is -2.89. The van der Waals surface area contributed by atoms with Gasteiger partial charge in [-0.05, 0) is 42.7 Å². The molecule has 3 heterocycles. The Morgan fingerprint density at radius 2 is 2.00 bits per heavy atom. The molecule has 1 N–H and O–H groups in total. The smallest absolute Gasteiger partial charge is 0.226 e. The second kappa shape index (κ2) is 7.15. The fourth-order valence-corrected chi connectivity index (χ4v) is 3.63. The maximum atomic E-state index is 12.6. The number of H-pyrrole nitrogens is 1. The van der Waals surface area contributed by atoms with Gasteiger partial charge in [-0.3, -0.25) is 9.89 Å². The van der Waals surface area contributed by atoms with E-state index in [1.165, 1.54) is 0 Å². The topological polar surface area (TPSA) is 71.1 Å². The van der Waals surface area contributed by atoms with Crippen molar-refractivity contribution < 1.29 is 9.53 Å². The fraction of sp³-hybridized carbons (Fsp3) is 0.350. The second-order valence-corrected chi connectivity index (χ2v) is 6.69. The number of benzene rings is 1. The Morgan fingerprint density at radius 3 is 2.73 bits per heavy atom. The SMILES string of the molecule is COc1ccc(CC(=O)N2CCC(c3[nH]nc4ncccc34)CC2)cc1. The first-order chi connectivity index (χ1) is 12.7. The molecule has 1 saturated heterocycles. The zero-order chi connectivity index (χ0) is 17.9. The Kier molecular flexibility index (Phi) is 4.56. The van der Waals surface area contributed by atoms with E-state index in [1.807, 2.05) is 35.2 Å². The molecular weight excluding hydrogens is 328 g/mol. The van der Waals surface area contributed by atoms with E-state index in [4.69, 9.17) is 4.74 Å². The van der Waals surface area contributed by atoms with Crippen LogP contribution in [0.2, 0.25) is 0 Å². The molecule has 0 bridgehead atoms. The molecule has 1 aliphatic rings. The monoisotopic (exact) mass is 350 g/mol. The van der Waals surface area contributed by atoms with E-state index in [1.54, 1.807) is 13.3 Å². The van der Waals surface area contributed by atoms with Crippen molar-refractivity contribution in [2.45, 2.75) is 25.2 Å². The van der Waals surface area contributed by atoms with Crippen LogP contribution in [0.4, 0.5) is 0 Å². The molecule has 1 aliphatic heterocycles. The minimum Gasteiger partial charge on any atom is -0.497 e. The molecule has 2 aromatic heterocycles. The largest absolute Gasteiger partial charge is 0.497 e. The van der Waals surface area contributed by atoms with Gasteiger partial charge in [0, 0.05) is 36.3 Å². The van der Waals surface area contributed by atoms with E-state index in [2.05, 4.69) is 21.2 Å². The lowest BCUT2D eigenvalue weighted by Gasteiger charge is -2.31. The molecule has 0 spiro atoms. The number of likely N-dealkylation sites (tertiary alicyclic amines) is 1. The third-order valence-electron chi connectivity index (χ3n) is 5.13. The molecule has 0 saturated carbocycles. The summed E-state index contributed by atoms with van der Waals surface area (Å²) < 4.78 is 5.16. The molecular formula is C20H22N4O2. The van der Waals surface area contributed by atoms with Crippen molar-refractivity contribution >= 4 is 16.9 Å². The van der Waals surface area contributed by atoms with Crippen LogP contribution in [0.25, 0.3) is 11.0 Å². The van der Waals surface area contributed by atoms with Crippen LogP contribution in [-0.2, 0) is 11.2 Å². The molecule has 26 heavy (non-hydrogen) atoms. The summed E-state index contributed by atoms with van der Waals surface area (Å²) in [6.07, 6.45) is 4.08. The Bertz CT molecular complexity index is 896. The van der Waals surface area contributed by atoms with Crippen molar-refractivity contribution in [3.8, 4) is 5.75 Å². The average Bonchev–Trinajstić information content (AvgIpc) is 3.13. The van der Waals surface area contributed by atoms with E-state index >= 15 is 0 Å². The van der Waals surface area contributed by atoms with Crippen LogP contribution >= 0.6 is 0 Å². The first-order valence-corrected chi connectivity index (χ1v) is 8.94. The quantitative estimate of drug-likeness (QED) is 0.785. The summed E-state index contributed by atoms with van der Waals surface area (Å²) >= 11 is 0. The van der Waals surface area contributed by atoms with Gasteiger partial charge in [-0.1, -0.05) is 12.1 Å². The number of methoxy groups -OCH3 is 1. The number of amides is 1. The molecule has 134 valence electrons. The summed E-state index contributed by atoms with van der Waals surface area (Å²) in [6.45, 7) is 1.56. The first-order valence-electron chi connectivity index (χ1n) is 8.94. The number of aromatic nitrogens is 3. The van der Waals surface area contributed by atoms with Crippen molar-refractivity contribution in [2.75, 3.05) is 20.2 Å². The molecule has 0 unspecified atom stereocenters. The number of rotatable bonds is 4. The van der Waals surface area contributed by atoms with Gasteiger partial charge in [0.25, 0.3) is 0 Å². The number of hydrogen-bond donors (Lipinski definition) is 1. The van der Waals surface area contributed by atoms with Gasteiger partial charge in [0.05, 0.1) is 13.5 Å². The zero-order valence-electron chi connectivity index (χ0n) is 14.8. The number of carbonyl (C=O) groups excluding carboxylic acids is 1. The van der Waals surface area contributed by atoms with Gasteiger partial charge in [-0.15, -0.1) is 0 Å². The zero-order valence-corrected chi connectivity index (χ0v) is 14.8. The average molecular weight is 350 g/mol. The summed E-state index contributed by atoms with van der Waals surface area (Å²) in [7, 11) is 1.64. The molecule has 0 radical (unpaired) electrons. The normalized spacial score (nSPS) is 15.3. The highest BCUT2D eigenvalue weighted by molar-refractivity contribution is 5.79. The van der Waals surface area contributed by atoms with Crippen molar-refractivity contribution in [2.24, 2.45) is 0 Å². The molecule has 3 aromatic rings. The van der Waals surface area contributed by atoms with E-state index in [9.17, 15) is 4.79 Å². The fourth-order valence-electron chi connectivity index (χ4n) is 3.63. The lowest BCUT2D eigenvalue weighted by Crippen LogP contribution is -2.38. The highest BCUT2D eigenvalue weighted by atomic mass is 16.5. The highest BCUT2D eigenvalue weighted by Gasteiger charge is 2.26. The molecule has 4 rings (SSSR count). The van der Waals surface area contributed by atoms with Crippen molar-refractivity contribution in [1.29, 1.82) is 0 Å². The predicted molar refractivity (Wildman–Crippen MR) is 99.1 cm³/mol. The highest BCUT2D eigenvalue weighted by Crippen LogP contribution is 2.31. The number of pyridine rings is 1. The van der Waals surface area contributed by atoms with Gasteiger partial charge in [0.1, 0.15) is 5.75 Å². The summed E-state index contributed by atoms with van der Waals surface area (Å²) in [5.74, 6) is 1.39. The number of piperidine rings is 1. The van der Waals surface area contributed by atoms with Crippen molar-refractivity contribution in [3.63, 3.8) is 0 Å². The summed E-state index contributed by atoms with van der Waals surface area (Å²) in [5, 5.41) is 8.53. The van der Waals surface area contributed by atoms with Gasteiger partial charge in [0.15, 0.2) is 5.65 Å². The van der Waals surface area contributed by atoms with Crippen LogP contribution in [0, 0.1) is 0 Å². The number of aromatic amines is 1. The third-order valence-corrected chi connectivity index (χ3v) is 5.13. The van der Waals surface area contributed by atoms with Crippen LogP contribution in [0.15, 0.2) is 42.6 Å². The third kappa shape index (κ3) is 3.27. The van der Waals surface area contributed by atoms with E-state index in [0.29, 0.717) is 12.3 Å². The van der Waals surface area contributed by atoms with Crippen molar-refractivity contribution in [1.82, 2.24) is 20.1 Å². The minimum absolute atomic E-state index is 0.185. The molecule has 0 atom stereocenters. The molecule has 1 fully saturated rings. The Balaban J connectivity index is 1.37. The van der Waals surface area contributed by atoms with E-state index in [0.717, 1.165) is 54.0 Å². The first kappa shape index (κ1) is 16.6. The van der Waals surface area contributed by atoms with Gasteiger partial charge < -0.3 is 9.64 Å². The summed E-state index contributed by atoms with van der Waals surface area (Å²) in [5.41, 5.74) is 2.93. The lowest BCUT2D eigenvalue weighted by molar-refractivity contribution is -0.131. The van der Waals surface area contributed by atoms with Gasteiger partial charge in [-0.25, -0.2) is 4.98 Å². The summed E-state index contributed by atoms with van der Waals surface area (Å²) in [6, 6.07) is 11.7. The van der Waals surface area contributed by atoms with Crippen LogP contribution < -0.4 is 4.74 Å². The number of nitrogens with one attached hydrogen (secondary N) is 1. The van der Waals surface area contributed by atoms with Crippen LogP contribution in [0.5, 0.6) is 5.75 Å².